The van der Waals surface area contributed by atoms with Crippen molar-refractivity contribution in [3.8, 4) is 0 Å². The van der Waals surface area contributed by atoms with Crippen molar-refractivity contribution in [2.24, 2.45) is 0 Å². The number of rotatable bonds is 0. The molecule has 7 aromatic carbocycles. The largest absolute Gasteiger partial charge is 0.0683 e. The summed E-state index contributed by atoms with van der Waals surface area (Å²) < 4.78 is 0. The molecule has 0 amide bonds. The summed E-state index contributed by atoms with van der Waals surface area (Å²) in [5, 5.41) is 0. The zero-order valence-corrected chi connectivity index (χ0v) is 81.6. The second kappa shape index (κ2) is 51.8. The van der Waals surface area contributed by atoms with Crippen molar-refractivity contribution in [1.82, 2.24) is 0 Å². The molecule has 602 valence electrons. The topological polar surface area (TPSA) is 0 Å². The summed E-state index contributed by atoms with van der Waals surface area (Å²) in [6.45, 7) is 122. The van der Waals surface area contributed by atoms with E-state index in [-0.39, 0.29) is 37.9 Å². The second-order valence-electron chi connectivity index (χ2n) is 34.9. The molecule has 0 aromatic heterocycles. The Morgan fingerprint density at radius 2 is 0.314 bits per heavy atom. The third kappa shape index (κ3) is 40.5. The zero-order valence-electron chi connectivity index (χ0n) is 81.6. The van der Waals surface area contributed by atoms with E-state index in [1.54, 1.807) is 0 Å². The minimum absolute atomic E-state index is 0.264. The van der Waals surface area contributed by atoms with Crippen molar-refractivity contribution in [2.75, 3.05) is 0 Å². The van der Waals surface area contributed by atoms with Crippen LogP contribution in [-0.4, -0.2) is 0 Å². The van der Waals surface area contributed by atoms with Crippen LogP contribution in [0, 0.1) is 145 Å². The van der Waals surface area contributed by atoms with E-state index in [1.807, 2.05) is 96.9 Å². The van der Waals surface area contributed by atoms with E-state index >= 15 is 0 Å². The molecule has 0 spiro atoms. The number of hydrogen-bond acceptors (Lipinski definition) is 0. The summed E-state index contributed by atoms with van der Waals surface area (Å²) in [6, 6.07) is 31.8. The van der Waals surface area contributed by atoms with Crippen LogP contribution in [0.15, 0.2) is 84.9 Å². The maximum absolute atomic E-state index is 2.32. The molecule has 0 heterocycles. The molecule has 105 heavy (non-hydrogen) atoms. The molecule has 0 saturated carbocycles. The zero-order chi connectivity index (χ0) is 85.6. The van der Waals surface area contributed by atoms with E-state index < -0.39 is 0 Å². The van der Waals surface area contributed by atoms with Gasteiger partial charge in [0.05, 0.1) is 0 Å². The monoisotopic (exact) mass is 1440 g/mol. The Labute approximate surface area is 662 Å². The minimum Gasteiger partial charge on any atom is -0.0683 e. The summed E-state index contributed by atoms with van der Waals surface area (Å²) in [4.78, 5) is 0. The van der Waals surface area contributed by atoms with E-state index in [1.165, 1.54) is 156 Å². The van der Waals surface area contributed by atoms with E-state index in [4.69, 9.17) is 0 Å². The van der Waals surface area contributed by atoms with Gasteiger partial charge in [-0.25, -0.2) is 0 Å². The number of hydrogen-bond donors (Lipinski definition) is 0. The van der Waals surface area contributed by atoms with Gasteiger partial charge < -0.3 is 0 Å². The van der Waals surface area contributed by atoms with Gasteiger partial charge in [0.1, 0.15) is 0 Å². The summed E-state index contributed by atoms with van der Waals surface area (Å²) in [5.41, 5.74) is 41.8. The van der Waals surface area contributed by atoms with Gasteiger partial charge in [-0.1, -0.05) is 344 Å². The first kappa shape index (κ1) is 113. The maximum atomic E-state index is 2.32. The van der Waals surface area contributed by atoms with Gasteiger partial charge in [0.25, 0.3) is 0 Å². The fourth-order valence-corrected chi connectivity index (χ4v) is 13.2. The number of aryl methyl sites for hydroxylation is 16. The Hall–Kier alpha value is -5.46. The van der Waals surface area contributed by atoms with Gasteiger partial charge in [-0.05, 0) is 322 Å². The van der Waals surface area contributed by atoms with Crippen molar-refractivity contribution in [1.29, 1.82) is 0 Å². The first-order chi connectivity index (χ1) is 47.8. The predicted molar refractivity (Wildman–Crippen MR) is 495 cm³/mol. The van der Waals surface area contributed by atoms with Crippen molar-refractivity contribution in [3.05, 3.63) is 241 Å². The van der Waals surface area contributed by atoms with Crippen molar-refractivity contribution in [3.63, 3.8) is 0 Å². The molecule has 0 bridgehead atoms. The third-order valence-corrected chi connectivity index (χ3v) is 18.5. The first-order valence-corrected chi connectivity index (χ1v) is 41.3. The summed E-state index contributed by atoms with van der Waals surface area (Å²) in [5.74, 6) is 0. The Kier molecular flexibility index (Phi) is 55.7. The van der Waals surface area contributed by atoms with E-state index in [9.17, 15) is 0 Å². The lowest BCUT2D eigenvalue weighted by Gasteiger charge is -2.25. The van der Waals surface area contributed by atoms with Gasteiger partial charge in [-0.2, -0.15) is 0 Å². The minimum atomic E-state index is 0.264. The van der Waals surface area contributed by atoms with Crippen LogP contribution >= 0.6 is 0 Å². The van der Waals surface area contributed by atoms with Crippen LogP contribution in [-0.2, 0) is 37.9 Å². The summed E-state index contributed by atoms with van der Waals surface area (Å²) >= 11 is 0. The molecule has 0 fully saturated rings. The van der Waals surface area contributed by atoms with E-state index in [2.05, 4.69) is 376 Å². The van der Waals surface area contributed by atoms with Crippen LogP contribution in [0.25, 0.3) is 0 Å². The van der Waals surface area contributed by atoms with Crippen LogP contribution in [0.5, 0.6) is 0 Å². The molecule has 7 rings (SSSR count). The van der Waals surface area contributed by atoms with E-state index in [0.717, 1.165) is 0 Å². The average molecular weight is 1440 g/mol. The van der Waals surface area contributed by atoms with Crippen LogP contribution in [0.4, 0.5) is 0 Å². The van der Waals surface area contributed by atoms with Crippen LogP contribution < -0.4 is 0 Å². The van der Waals surface area contributed by atoms with Crippen molar-refractivity contribution in [2.45, 2.75) is 426 Å². The first-order valence-electron chi connectivity index (χ1n) is 41.3. The van der Waals surface area contributed by atoms with Crippen molar-refractivity contribution >= 4 is 0 Å². The lowest BCUT2D eigenvalue weighted by Crippen LogP contribution is -2.15. The molecule has 7 aromatic rings. The molecule has 0 atom stereocenters. The van der Waals surface area contributed by atoms with Crippen LogP contribution in [0.2, 0.25) is 0 Å². The maximum Gasteiger partial charge on any atom is -0.0127 e. The molecular formula is C105H182. The molecule has 0 unspecified atom stereocenters. The molecule has 0 radical (unpaired) electrons. The van der Waals surface area contributed by atoms with Gasteiger partial charge in [0.2, 0.25) is 0 Å². The third-order valence-electron chi connectivity index (χ3n) is 18.5. The Balaban J connectivity index is -0.000000207. The Bertz CT molecular complexity index is 3230. The molecule has 0 saturated heterocycles. The van der Waals surface area contributed by atoms with Gasteiger partial charge >= 0.3 is 0 Å². The van der Waals surface area contributed by atoms with Gasteiger partial charge in [0.15, 0.2) is 0 Å². The molecule has 0 aliphatic carbocycles. The Morgan fingerprint density at radius 1 is 0.143 bits per heavy atom. The molecule has 0 N–H and O–H groups in total. The van der Waals surface area contributed by atoms with Crippen LogP contribution in [0.1, 0.15) is 398 Å². The quantitative estimate of drug-likeness (QED) is 0.142. The van der Waals surface area contributed by atoms with Crippen LogP contribution in [0.3, 0.4) is 0 Å². The van der Waals surface area contributed by atoms with Gasteiger partial charge in [-0.3, -0.25) is 0 Å². The predicted octanol–water partition coefficient (Wildman–Crippen LogP) is 34.5. The fraction of sp³-hybridized carbons (Fsp3) is 0.600. The highest BCUT2D eigenvalue weighted by molar-refractivity contribution is 5.47. The lowest BCUT2D eigenvalue weighted by atomic mass is 9.80. The Morgan fingerprint density at radius 3 is 0.476 bits per heavy atom. The van der Waals surface area contributed by atoms with Gasteiger partial charge in [0, 0.05) is 0 Å². The number of benzene rings is 7. The molecule has 0 aliphatic heterocycles. The highest BCUT2D eigenvalue weighted by Gasteiger charge is 2.23. The highest BCUT2D eigenvalue weighted by atomic mass is 14.3. The van der Waals surface area contributed by atoms with Gasteiger partial charge in [-0.15, -0.1) is 0 Å². The molecule has 0 heteroatoms. The van der Waals surface area contributed by atoms with E-state index in [0.29, 0.717) is 0 Å². The lowest BCUT2D eigenvalue weighted by molar-refractivity contribution is 0.581. The SMILES string of the molecule is CC.CC.CC.CC.CC.CC.CC.Cc1cc(C)c(C(C)(C)C)cc1C.Cc1cc(C)c(C(C)(C)C)cc1C.Cc1cc(C)c(C)c(C(C)(C)C)c1.Cc1cc(C)c(C)c(C(C)(C)C)c1.Cc1cc(C)c(C)c(C(C)(C)C)c1.Cc1ccc(C)c(C(C)(C)C)c1C.Cc1ccc(C)c(C(C)(C)C)c1C. The molecule has 0 aliphatic rings. The normalized spacial score (nSPS) is 10.7. The molecular weight excluding hydrogens is 1260 g/mol. The average Bonchev–Trinajstić information content (AvgIpc) is 0.833. The summed E-state index contributed by atoms with van der Waals surface area (Å²) in [7, 11) is 0. The second-order valence-corrected chi connectivity index (χ2v) is 34.9. The summed E-state index contributed by atoms with van der Waals surface area (Å²) in [6.07, 6.45) is 0. The standard InChI is InChI=1S/7C13H20.7C2H6/c2*1-9-7-11(3)12(8-10(9)2)13(4,5)6;3*1-9-7-10(2)11(3)12(8-9)13(4,5)6;2*1-9-7-8-10(2)12(11(9)3)13(4,5)6;7*1-2/h7*7-8H,1-6H3;7*1-2H3. The fourth-order valence-electron chi connectivity index (χ4n) is 13.2. The van der Waals surface area contributed by atoms with Crippen molar-refractivity contribution < 1.29 is 0 Å². The highest BCUT2D eigenvalue weighted by Crippen LogP contribution is 2.35. The molecule has 0 nitrogen and oxygen atoms in total. The smallest absolute Gasteiger partial charge is 0.0127 e.